The van der Waals surface area contributed by atoms with E-state index >= 15 is 0 Å². The summed E-state index contributed by atoms with van der Waals surface area (Å²) in [6, 6.07) is 8.24. The number of benzene rings is 1. The number of nitrogens with one attached hydrogen (secondary N) is 1. The zero-order chi connectivity index (χ0) is 18.2. The van der Waals surface area contributed by atoms with E-state index in [4.69, 9.17) is 0 Å². The second-order valence-corrected chi connectivity index (χ2v) is 9.96. The van der Waals surface area contributed by atoms with Gasteiger partial charge in [-0.05, 0) is 61.1 Å². The molecule has 3 rings (SSSR count). The average Bonchev–Trinajstić information content (AvgIpc) is 2.98. The van der Waals surface area contributed by atoms with Gasteiger partial charge in [-0.2, -0.15) is 0 Å². The number of amides is 1. The van der Waals surface area contributed by atoms with E-state index < -0.39 is 10.0 Å². The topological polar surface area (TPSA) is 66.5 Å². The molecule has 1 aromatic heterocycles. The third-order valence-corrected chi connectivity index (χ3v) is 7.51. The molecule has 2 aromatic rings. The summed E-state index contributed by atoms with van der Waals surface area (Å²) in [5.41, 5.74) is 1.88. The van der Waals surface area contributed by atoms with Gasteiger partial charge in [0, 0.05) is 24.7 Å². The molecule has 1 unspecified atom stereocenters. The number of hydrogen-bond donors (Lipinski definition) is 1. The highest BCUT2D eigenvalue weighted by molar-refractivity contribution is 7.89. The highest BCUT2D eigenvalue weighted by Gasteiger charge is 2.21. The van der Waals surface area contributed by atoms with E-state index in [9.17, 15) is 13.2 Å². The maximum absolute atomic E-state index is 12.5. The minimum absolute atomic E-state index is 0.143. The second kappa shape index (κ2) is 6.90. The van der Waals surface area contributed by atoms with Gasteiger partial charge in [-0.25, -0.2) is 12.7 Å². The third kappa shape index (κ3) is 3.78. The summed E-state index contributed by atoms with van der Waals surface area (Å²) < 4.78 is 25.3. The fourth-order valence-electron chi connectivity index (χ4n) is 2.93. The van der Waals surface area contributed by atoms with E-state index in [1.807, 2.05) is 6.07 Å². The molecule has 1 amide bonds. The Labute approximate surface area is 152 Å². The van der Waals surface area contributed by atoms with Crippen LogP contribution >= 0.6 is 11.3 Å². The number of aryl methyl sites for hydroxylation is 1. The number of nitrogens with zero attached hydrogens (tertiary/aromatic N) is 1. The van der Waals surface area contributed by atoms with Gasteiger partial charge in [0.05, 0.1) is 9.77 Å². The number of anilines is 1. The maximum Gasteiger partial charge on any atom is 0.265 e. The van der Waals surface area contributed by atoms with E-state index in [1.54, 1.807) is 23.5 Å². The molecule has 1 aromatic carbocycles. The Bertz CT molecular complexity index is 884. The summed E-state index contributed by atoms with van der Waals surface area (Å²) in [6.07, 6.45) is 3.26. The number of carbonyl (C=O) groups excluding carboxylic acids is 1. The first-order chi connectivity index (χ1) is 11.8. The van der Waals surface area contributed by atoms with Crippen molar-refractivity contribution in [1.29, 1.82) is 0 Å². The van der Waals surface area contributed by atoms with Crippen LogP contribution in [0.2, 0.25) is 0 Å². The van der Waals surface area contributed by atoms with Crippen molar-refractivity contribution in [2.24, 2.45) is 5.92 Å². The zero-order valence-electron chi connectivity index (χ0n) is 14.6. The van der Waals surface area contributed by atoms with Crippen molar-refractivity contribution in [3.05, 3.63) is 45.6 Å². The van der Waals surface area contributed by atoms with Crippen molar-refractivity contribution in [2.75, 3.05) is 19.4 Å². The smallest absolute Gasteiger partial charge is 0.265 e. The van der Waals surface area contributed by atoms with Gasteiger partial charge in [-0.1, -0.05) is 6.92 Å². The van der Waals surface area contributed by atoms with E-state index in [1.165, 1.54) is 43.1 Å². The molecule has 0 aliphatic heterocycles. The molecule has 7 heteroatoms. The first kappa shape index (κ1) is 18.1. The van der Waals surface area contributed by atoms with Gasteiger partial charge < -0.3 is 5.32 Å². The number of hydrogen-bond acceptors (Lipinski definition) is 4. The second-order valence-electron chi connectivity index (χ2n) is 6.67. The van der Waals surface area contributed by atoms with E-state index in [-0.39, 0.29) is 10.8 Å². The van der Waals surface area contributed by atoms with Crippen LogP contribution in [0.1, 0.15) is 33.5 Å². The van der Waals surface area contributed by atoms with E-state index in [2.05, 4.69) is 12.2 Å². The minimum atomic E-state index is -3.46. The van der Waals surface area contributed by atoms with Gasteiger partial charge in [0.15, 0.2) is 0 Å². The van der Waals surface area contributed by atoms with E-state index in [0.29, 0.717) is 16.5 Å². The molecule has 0 spiro atoms. The molecular formula is C18H22N2O3S2. The molecule has 134 valence electrons. The van der Waals surface area contributed by atoms with Gasteiger partial charge in [0.25, 0.3) is 5.91 Å². The maximum atomic E-state index is 12.5. The summed E-state index contributed by atoms with van der Waals surface area (Å²) in [4.78, 5) is 14.7. The van der Waals surface area contributed by atoms with Crippen LogP contribution in [-0.4, -0.2) is 32.7 Å². The summed E-state index contributed by atoms with van der Waals surface area (Å²) >= 11 is 1.56. The average molecular weight is 379 g/mol. The van der Waals surface area contributed by atoms with Crippen molar-refractivity contribution in [3.63, 3.8) is 0 Å². The van der Waals surface area contributed by atoms with Gasteiger partial charge in [-0.15, -0.1) is 11.3 Å². The van der Waals surface area contributed by atoms with Gasteiger partial charge >= 0.3 is 0 Å². The Morgan fingerprint density at radius 3 is 2.56 bits per heavy atom. The van der Waals surface area contributed by atoms with Crippen molar-refractivity contribution < 1.29 is 13.2 Å². The Balaban J connectivity index is 1.74. The normalized spacial score (nSPS) is 17.4. The fraction of sp³-hybridized carbons (Fsp3) is 0.389. The van der Waals surface area contributed by atoms with Crippen LogP contribution in [0.25, 0.3) is 0 Å². The Morgan fingerprint density at radius 2 is 1.92 bits per heavy atom. The lowest BCUT2D eigenvalue weighted by Gasteiger charge is -2.16. The summed E-state index contributed by atoms with van der Waals surface area (Å²) in [5, 5.41) is 2.85. The lowest BCUT2D eigenvalue weighted by molar-refractivity contribution is 0.103. The Hall–Kier alpha value is -1.70. The molecule has 0 radical (unpaired) electrons. The van der Waals surface area contributed by atoms with Crippen LogP contribution in [0, 0.1) is 5.92 Å². The zero-order valence-corrected chi connectivity index (χ0v) is 16.2. The molecule has 0 bridgehead atoms. The van der Waals surface area contributed by atoms with Crippen molar-refractivity contribution in [3.8, 4) is 0 Å². The molecule has 0 fully saturated rings. The summed E-state index contributed by atoms with van der Waals surface area (Å²) in [5.74, 6) is 0.527. The highest BCUT2D eigenvalue weighted by Crippen LogP contribution is 2.32. The van der Waals surface area contributed by atoms with Crippen molar-refractivity contribution in [1.82, 2.24) is 4.31 Å². The molecule has 1 N–H and O–H groups in total. The van der Waals surface area contributed by atoms with Crippen LogP contribution in [0.4, 0.5) is 5.69 Å². The number of carbonyl (C=O) groups is 1. The first-order valence-electron chi connectivity index (χ1n) is 8.23. The largest absolute Gasteiger partial charge is 0.321 e. The molecule has 1 heterocycles. The first-order valence-corrected chi connectivity index (χ1v) is 10.5. The fourth-order valence-corrected chi connectivity index (χ4v) is 4.94. The van der Waals surface area contributed by atoms with Crippen LogP contribution in [0.5, 0.6) is 0 Å². The number of sulfonamides is 1. The van der Waals surface area contributed by atoms with Crippen LogP contribution in [0.3, 0.4) is 0 Å². The lowest BCUT2D eigenvalue weighted by Crippen LogP contribution is -2.22. The molecular weight excluding hydrogens is 356 g/mol. The Morgan fingerprint density at radius 1 is 1.24 bits per heavy atom. The van der Waals surface area contributed by atoms with E-state index in [0.717, 1.165) is 17.1 Å². The molecule has 5 nitrogen and oxygen atoms in total. The molecule has 1 aliphatic rings. The quantitative estimate of drug-likeness (QED) is 0.887. The minimum Gasteiger partial charge on any atom is -0.321 e. The molecule has 25 heavy (non-hydrogen) atoms. The summed E-state index contributed by atoms with van der Waals surface area (Å²) in [7, 11) is -0.478. The molecule has 1 atom stereocenters. The van der Waals surface area contributed by atoms with Crippen LogP contribution in [0.15, 0.2) is 35.2 Å². The third-order valence-electron chi connectivity index (χ3n) is 4.44. The molecule has 0 saturated heterocycles. The number of thiophene rings is 1. The summed E-state index contributed by atoms with van der Waals surface area (Å²) in [6.45, 7) is 2.24. The van der Waals surface area contributed by atoms with Crippen molar-refractivity contribution in [2.45, 2.75) is 31.1 Å². The van der Waals surface area contributed by atoms with Crippen molar-refractivity contribution >= 4 is 33.0 Å². The predicted molar refractivity (Wildman–Crippen MR) is 101 cm³/mol. The molecule has 0 saturated carbocycles. The highest BCUT2D eigenvalue weighted by atomic mass is 32.2. The Kier molecular flexibility index (Phi) is 4.99. The van der Waals surface area contributed by atoms with Gasteiger partial charge in [0.1, 0.15) is 0 Å². The van der Waals surface area contributed by atoms with Gasteiger partial charge in [-0.3, -0.25) is 4.79 Å². The standard InChI is InChI=1S/C18H22N2O3S2/c1-12-4-9-16-13(10-12)11-17(24-16)18(21)19-14-5-7-15(8-6-14)25(22,23)20(2)3/h5-8,11-12H,4,9-10H2,1-3H3,(H,19,21). The monoisotopic (exact) mass is 378 g/mol. The number of rotatable bonds is 4. The lowest BCUT2D eigenvalue weighted by atomic mass is 9.90. The number of fused-ring (bicyclic) bond motifs is 1. The predicted octanol–water partition coefficient (Wildman–Crippen LogP) is 3.38. The van der Waals surface area contributed by atoms with Gasteiger partial charge in [0.2, 0.25) is 10.0 Å². The SMILES string of the molecule is CC1CCc2sc(C(=O)Nc3ccc(S(=O)(=O)N(C)C)cc3)cc2C1. The van der Waals surface area contributed by atoms with Crippen LogP contribution < -0.4 is 5.32 Å². The van der Waals surface area contributed by atoms with Crippen LogP contribution in [-0.2, 0) is 22.9 Å². The molecule has 1 aliphatic carbocycles.